The third kappa shape index (κ3) is 2.33. The maximum absolute atomic E-state index is 6.32. The summed E-state index contributed by atoms with van der Waals surface area (Å²) in [6.07, 6.45) is 9.04. The molecule has 5 rings (SSSR count). The number of hydrogen-bond acceptors (Lipinski definition) is 1. The van der Waals surface area contributed by atoms with Gasteiger partial charge in [-0.1, -0.05) is 30.3 Å². The van der Waals surface area contributed by atoms with Gasteiger partial charge in [-0.05, 0) is 67.8 Å². The lowest BCUT2D eigenvalue weighted by atomic mass is 9.55. The minimum atomic E-state index is 0.594. The van der Waals surface area contributed by atoms with Crippen molar-refractivity contribution >= 4 is 0 Å². The lowest BCUT2D eigenvalue weighted by Crippen LogP contribution is -2.49. The third-order valence-corrected chi connectivity index (χ3v) is 5.68. The quantitative estimate of drug-likeness (QED) is 0.789. The van der Waals surface area contributed by atoms with Crippen molar-refractivity contribution in [3.8, 4) is 0 Å². The summed E-state index contributed by atoms with van der Waals surface area (Å²) in [7, 11) is 0. The maximum Gasteiger partial charge on any atom is 0.0631 e. The summed E-state index contributed by atoms with van der Waals surface area (Å²) in [5, 5.41) is 0. The van der Waals surface area contributed by atoms with E-state index in [-0.39, 0.29) is 0 Å². The molecular formula is C18H24O. The van der Waals surface area contributed by atoms with Gasteiger partial charge < -0.3 is 4.74 Å². The highest BCUT2D eigenvalue weighted by Crippen LogP contribution is 2.54. The van der Waals surface area contributed by atoms with Gasteiger partial charge in [0.25, 0.3) is 0 Å². The highest BCUT2D eigenvalue weighted by Gasteiger charge is 2.48. The van der Waals surface area contributed by atoms with Gasteiger partial charge in [-0.3, -0.25) is 0 Å². The maximum atomic E-state index is 6.32. The first-order valence-corrected chi connectivity index (χ1v) is 8.04. The molecule has 0 heterocycles. The summed E-state index contributed by atoms with van der Waals surface area (Å²) < 4.78 is 6.32. The molecule has 0 spiro atoms. The number of hydrogen-bond donors (Lipinski definition) is 0. The Bertz CT molecular complexity index is 397. The molecule has 1 heteroatoms. The molecule has 1 aromatic rings. The van der Waals surface area contributed by atoms with Crippen LogP contribution in [0.4, 0.5) is 0 Å². The van der Waals surface area contributed by atoms with Gasteiger partial charge in [-0.25, -0.2) is 0 Å². The normalized spacial score (nSPS) is 39.7. The van der Waals surface area contributed by atoms with Crippen LogP contribution < -0.4 is 0 Å². The SMILES string of the molecule is c1ccc(CCOC2C3CC4CC(C3)CC2C4)cc1. The van der Waals surface area contributed by atoms with E-state index in [2.05, 4.69) is 30.3 Å². The molecule has 0 radical (unpaired) electrons. The lowest BCUT2D eigenvalue weighted by molar-refractivity contribution is -0.125. The average molecular weight is 256 g/mol. The molecule has 4 fully saturated rings. The molecule has 102 valence electrons. The molecule has 0 aliphatic heterocycles. The zero-order valence-corrected chi connectivity index (χ0v) is 11.6. The molecule has 0 amide bonds. The van der Waals surface area contributed by atoms with Crippen molar-refractivity contribution in [2.45, 2.75) is 44.6 Å². The van der Waals surface area contributed by atoms with E-state index in [1.807, 2.05) is 0 Å². The van der Waals surface area contributed by atoms with Crippen molar-refractivity contribution in [2.75, 3.05) is 6.61 Å². The Hall–Kier alpha value is -0.820. The summed E-state index contributed by atoms with van der Waals surface area (Å²) in [6, 6.07) is 10.7. The Balaban J connectivity index is 1.34. The van der Waals surface area contributed by atoms with Crippen LogP contribution in [0, 0.1) is 23.7 Å². The van der Waals surface area contributed by atoms with Crippen LogP contribution in [-0.2, 0) is 11.2 Å². The average Bonchev–Trinajstić information content (AvgIpc) is 2.42. The van der Waals surface area contributed by atoms with Crippen LogP contribution in [0.15, 0.2) is 30.3 Å². The summed E-state index contributed by atoms with van der Waals surface area (Å²) in [6.45, 7) is 0.914. The zero-order valence-electron chi connectivity index (χ0n) is 11.6. The summed E-state index contributed by atoms with van der Waals surface area (Å²) in [5.74, 6) is 3.90. The Labute approximate surface area is 116 Å². The van der Waals surface area contributed by atoms with Crippen molar-refractivity contribution in [2.24, 2.45) is 23.7 Å². The Morgan fingerprint density at radius 1 is 0.842 bits per heavy atom. The van der Waals surface area contributed by atoms with Crippen LogP contribution in [0.25, 0.3) is 0 Å². The fourth-order valence-electron chi connectivity index (χ4n) is 5.10. The van der Waals surface area contributed by atoms with E-state index in [1.54, 1.807) is 0 Å². The second-order valence-corrected chi connectivity index (χ2v) is 7.00. The molecule has 1 aromatic carbocycles. The molecule has 1 nitrogen and oxygen atoms in total. The second-order valence-electron chi connectivity index (χ2n) is 7.00. The third-order valence-electron chi connectivity index (χ3n) is 5.68. The molecule has 0 aromatic heterocycles. The van der Waals surface area contributed by atoms with Gasteiger partial charge in [-0.2, -0.15) is 0 Å². The Morgan fingerprint density at radius 2 is 1.47 bits per heavy atom. The van der Waals surface area contributed by atoms with Gasteiger partial charge in [0.1, 0.15) is 0 Å². The molecule has 0 saturated heterocycles. The number of ether oxygens (including phenoxy) is 1. The Morgan fingerprint density at radius 3 is 2.11 bits per heavy atom. The standard InChI is InChI=1S/C18H24O/c1-2-4-13(5-3-1)6-7-19-18-16-9-14-8-15(11-16)12-17(18)10-14/h1-5,14-18H,6-12H2. The molecule has 4 aliphatic rings. The van der Waals surface area contributed by atoms with E-state index in [4.69, 9.17) is 4.74 Å². The van der Waals surface area contributed by atoms with Crippen molar-refractivity contribution in [1.29, 1.82) is 0 Å². The molecule has 0 N–H and O–H groups in total. The predicted octanol–water partition coefficient (Wildman–Crippen LogP) is 4.07. The van der Waals surface area contributed by atoms with Gasteiger partial charge in [0.05, 0.1) is 12.7 Å². The monoisotopic (exact) mass is 256 g/mol. The summed E-state index contributed by atoms with van der Waals surface area (Å²) in [4.78, 5) is 0. The summed E-state index contributed by atoms with van der Waals surface area (Å²) in [5.41, 5.74) is 1.41. The van der Waals surface area contributed by atoms with Gasteiger partial charge in [0.15, 0.2) is 0 Å². The number of rotatable bonds is 4. The highest BCUT2D eigenvalue weighted by atomic mass is 16.5. The fraction of sp³-hybridized carbons (Fsp3) is 0.667. The zero-order chi connectivity index (χ0) is 12.7. The molecule has 19 heavy (non-hydrogen) atoms. The second kappa shape index (κ2) is 4.94. The van der Waals surface area contributed by atoms with Crippen molar-refractivity contribution in [3.63, 3.8) is 0 Å². The highest BCUT2D eigenvalue weighted by molar-refractivity contribution is 5.14. The van der Waals surface area contributed by atoms with Crippen LogP contribution in [0.5, 0.6) is 0 Å². The topological polar surface area (TPSA) is 9.23 Å². The van der Waals surface area contributed by atoms with Crippen LogP contribution in [-0.4, -0.2) is 12.7 Å². The minimum Gasteiger partial charge on any atom is -0.377 e. The van der Waals surface area contributed by atoms with Crippen molar-refractivity contribution in [1.82, 2.24) is 0 Å². The smallest absolute Gasteiger partial charge is 0.0631 e. The van der Waals surface area contributed by atoms with Crippen LogP contribution in [0.3, 0.4) is 0 Å². The Kier molecular flexibility index (Phi) is 3.11. The van der Waals surface area contributed by atoms with Gasteiger partial charge in [-0.15, -0.1) is 0 Å². The summed E-state index contributed by atoms with van der Waals surface area (Å²) >= 11 is 0. The largest absolute Gasteiger partial charge is 0.377 e. The lowest BCUT2D eigenvalue weighted by Gasteiger charge is -2.54. The fourth-order valence-corrected chi connectivity index (χ4v) is 5.10. The van der Waals surface area contributed by atoms with E-state index >= 15 is 0 Å². The van der Waals surface area contributed by atoms with Gasteiger partial charge in [0.2, 0.25) is 0 Å². The minimum absolute atomic E-state index is 0.594. The van der Waals surface area contributed by atoms with Gasteiger partial charge in [0, 0.05) is 0 Å². The first-order valence-electron chi connectivity index (χ1n) is 8.04. The molecule has 4 aliphatic carbocycles. The van der Waals surface area contributed by atoms with Gasteiger partial charge >= 0.3 is 0 Å². The molecule has 4 bridgehead atoms. The van der Waals surface area contributed by atoms with E-state index in [0.717, 1.165) is 36.7 Å². The van der Waals surface area contributed by atoms with E-state index < -0.39 is 0 Å². The van der Waals surface area contributed by atoms with Crippen molar-refractivity contribution < 1.29 is 4.74 Å². The molecular weight excluding hydrogens is 232 g/mol. The molecule has 0 atom stereocenters. The van der Waals surface area contributed by atoms with Crippen LogP contribution in [0.2, 0.25) is 0 Å². The van der Waals surface area contributed by atoms with Crippen LogP contribution >= 0.6 is 0 Å². The van der Waals surface area contributed by atoms with Crippen molar-refractivity contribution in [3.05, 3.63) is 35.9 Å². The molecule has 0 unspecified atom stereocenters. The molecule has 4 saturated carbocycles. The van der Waals surface area contributed by atoms with E-state index in [1.165, 1.54) is 37.7 Å². The predicted molar refractivity (Wildman–Crippen MR) is 76.9 cm³/mol. The first-order chi connectivity index (χ1) is 9.38. The number of benzene rings is 1. The first kappa shape index (κ1) is 12.0. The van der Waals surface area contributed by atoms with E-state index in [9.17, 15) is 0 Å². The van der Waals surface area contributed by atoms with Crippen LogP contribution in [0.1, 0.15) is 37.7 Å². The van der Waals surface area contributed by atoms with E-state index in [0.29, 0.717) is 6.10 Å².